The van der Waals surface area contributed by atoms with Crippen molar-refractivity contribution in [3.8, 4) is 11.5 Å². The minimum atomic E-state index is -4.06. The monoisotopic (exact) mass is 485 g/mol. The lowest BCUT2D eigenvalue weighted by molar-refractivity contribution is 0.146. The second-order valence-corrected chi connectivity index (χ2v) is 9.99. The quantitative estimate of drug-likeness (QED) is 0.470. The number of fused-ring (bicyclic) bond motifs is 2. The topological polar surface area (TPSA) is 119 Å². The first-order valence-electron chi connectivity index (χ1n) is 11.0. The van der Waals surface area contributed by atoms with Crippen LogP contribution in [0.25, 0.3) is 10.9 Å². The number of anilines is 1. The summed E-state index contributed by atoms with van der Waals surface area (Å²) in [5.41, 5.74) is 0.0744. The number of aromatic nitrogens is 1. The normalized spacial score (nSPS) is 14.5. The van der Waals surface area contributed by atoms with E-state index in [1.165, 1.54) is 6.07 Å². The molecule has 1 aromatic heterocycles. The molecule has 10 heteroatoms. The highest BCUT2D eigenvalue weighted by molar-refractivity contribution is 7.90. The van der Waals surface area contributed by atoms with Crippen LogP contribution in [0.5, 0.6) is 11.5 Å². The molecule has 1 aliphatic heterocycles. The van der Waals surface area contributed by atoms with E-state index in [9.17, 15) is 18.3 Å². The summed E-state index contributed by atoms with van der Waals surface area (Å²) in [4.78, 5) is 13.6. The van der Waals surface area contributed by atoms with Crippen LogP contribution in [0.3, 0.4) is 0 Å². The Hall–Kier alpha value is -3.37. The van der Waals surface area contributed by atoms with E-state index in [1.807, 2.05) is 13.8 Å². The zero-order valence-corrected chi connectivity index (χ0v) is 20.1. The van der Waals surface area contributed by atoms with E-state index in [1.54, 1.807) is 48.1 Å². The lowest BCUT2D eigenvalue weighted by Crippen LogP contribution is -2.33. The summed E-state index contributed by atoms with van der Waals surface area (Å²) >= 11 is 0. The van der Waals surface area contributed by atoms with Crippen molar-refractivity contribution in [1.82, 2.24) is 4.57 Å². The van der Waals surface area contributed by atoms with Gasteiger partial charge in [0.05, 0.1) is 17.8 Å². The SMILES string of the molecule is COCCOc1ccc2c(c1)c(O)c(C1=NS(=O)(=O)c3ccccc3N1)c(=O)n2CCC(C)C. The third kappa shape index (κ3) is 4.51. The standard InChI is InChI=1S/C24H27N3O6S/c1-15(2)10-11-27-19-9-8-16(33-13-12-32-3)14-17(19)22(28)21(24(27)29)23-25-18-6-4-5-7-20(18)34(30,31)26-23/h4-9,14-15,28H,10-13H2,1-3H3,(H,25,26). The van der Waals surface area contributed by atoms with Gasteiger partial charge in [0, 0.05) is 19.0 Å². The number of methoxy groups -OCH3 is 1. The van der Waals surface area contributed by atoms with Crippen molar-refractivity contribution in [3.63, 3.8) is 0 Å². The number of hydrogen-bond donors (Lipinski definition) is 2. The fraction of sp³-hybridized carbons (Fsp3) is 0.333. The first kappa shape index (κ1) is 23.8. The van der Waals surface area contributed by atoms with Gasteiger partial charge in [0.1, 0.15) is 28.6 Å². The summed E-state index contributed by atoms with van der Waals surface area (Å²) < 4.78 is 41.6. The highest BCUT2D eigenvalue weighted by Crippen LogP contribution is 2.34. The smallest absolute Gasteiger partial charge is 0.286 e. The van der Waals surface area contributed by atoms with E-state index in [0.29, 0.717) is 48.7 Å². The number of aryl methyl sites for hydroxylation is 1. The van der Waals surface area contributed by atoms with Gasteiger partial charge in [-0.05, 0) is 42.7 Å². The van der Waals surface area contributed by atoms with Gasteiger partial charge in [-0.2, -0.15) is 8.42 Å². The van der Waals surface area contributed by atoms with Gasteiger partial charge < -0.3 is 24.5 Å². The Labute approximate surface area is 197 Å². The van der Waals surface area contributed by atoms with Crippen LogP contribution in [0.1, 0.15) is 25.8 Å². The molecule has 1 aliphatic rings. The minimum Gasteiger partial charge on any atom is -0.506 e. The Morgan fingerprint density at radius 1 is 1.15 bits per heavy atom. The molecular weight excluding hydrogens is 458 g/mol. The summed E-state index contributed by atoms with van der Waals surface area (Å²) in [6.07, 6.45) is 0.715. The Morgan fingerprint density at radius 2 is 1.91 bits per heavy atom. The number of rotatable bonds is 8. The molecule has 34 heavy (non-hydrogen) atoms. The molecule has 4 rings (SSSR count). The number of ether oxygens (including phenoxy) is 2. The van der Waals surface area contributed by atoms with Crippen molar-refractivity contribution in [2.24, 2.45) is 10.3 Å². The molecule has 0 saturated carbocycles. The van der Waals surface area contributed by atoms with E-state index in [0.717, 1.165) is 0 Å². The fourth-order valence-electron chi connectivity index (χ4n) is 3.80. The third-order valence-corrected chi connectivity index (χ3v) is 6.90. The second-order valence-electron chi connectivity index (χ2n) is 8.42. The summed E-state index contributed by atoms with van der Waals surface area (Å²) in [5, 5.41) is 14.5. The average molecular weight is 486 g/mol. The van der Waals surface area contributed by atoms with Crippen LogP contribution >= 0.6 is 0 Å². The fourth-order valence-corrected chi connectivity index (χ4v) is 4.92. The Morgan fingerprint density at radius 3 is 2.65 bits per heavy atom. The number of hydrogen-bond acceptors (Lipinski definition) is 7. The average Bonchev–Trinajstić information content (AvgIpc) is 2.79. The van der Waals surface area contributed by atoms with Crippen molar-refractivity contribution in [1.29, 1.82) is 0 Å². The maximum atomic E-state index is 13.6. The predicted octanol–water partition coefficient (Wildman–Crippen LogP) is 3.34. The molecule has 9 nitrogen and oxygen atoms in total. The number of nitrogens with zero attached hydrogens (tertiary/aromatic N) is 2. The molecule has 0 fully saturated rings. The molecular formula is C24H27N3O6S. The molecule has 3 aromatic rings. The van der Waals surface area contributed by atoms with Gasteiger partial charge in [0.2, 0.25) is 0 Å². The first-order valence-corrected chi connectivity index (χ1v) is 12.4. The van der Waals surface area contributed by atoms with Crippen molar-refractivity contribution in [3.05, 3.63) is 58.4 Å². The number of sulfonamides is 1. The number of nitrogens with one attached hydrogen (secondary N) is 1. The van der Waals surface area contributed by atoms with Crippen LogP contribution in [-0.2, 0) is 21.3 Å². The van der Waals surface area contributed by atoms with Crippen LogP contribution in [-0.4, -0.2) is 44.3 Å². The van der Waals surface area contributed by atoms with Crippen molar-refractivity contribution >= 4 is 32.4 Å². The first-order chi connectivity index (χ1) is 16.2. The lowest BCUT2D eigenvalue weighted by atomic mass is 10.1. The maximum absolute atomic E-state index is 13.6. The van der Waals surface area contributed by atoms with E-state index in [2.05, 4.69) is 9.71 Å². The zero-order valence-electron chi connectivity index (χ0n) is 19.2. The molecule has 0 unspecified atom stereocenters. The number of benzene rings is 2. The van der Waals surface area contributed by atoms with Gasteiger partial charge in [-0.25, -0.2) is 0 Å². The predicted molar refractivity (Wildman–Crippen MR) is 130 cm³/mol. The number of aromatic hydroxyl groups is 1. The van der Waals surface area contributed by atoms with Crippen molar-refractivity contribution < 1.29 is 23.0 Å². The summed E-state index contributed by atoms with van der Waals surface area (Å²) in [6.45, 7) is 5.19. The van der Waals surface area contributed by atoms with Crippen LogP contribution < -0.4 is 15.6 Å². The Kier molecular flexibility index (Phi) is 6.63. The van der Waals surface area contributed by atoms with Gasteiger partial charge in [0.25, 0.3) is 15.6 Å². The lowest BCUT2D eigenvalue weighted by Gasteiger charge is -2.21. The highest BCUT2D eigenvalue weighted by Gasteiger charge is 2.29. The van der Waals surface area contributed by atoms with E-state index >= 15 is 0 Å². The number of para-hydroxylation sites is 1. The second kappa shape index (κ2) is 9.47. The zero-order chi connectivity index (χ0) is 24.5. The molecule has 180 valence electrons. The molecule has 0 saturated heterocycles. The summed E-state index contributed by atoms with van der Waals surface area (Å²) in [6, 6.07) is 11.3. The summed E-state index contributed by atoms with van der Waals surface area (Å²) in [7, 11) is -2.49. The molecule has 0 aliphatic carbocycles. The van der Waals surface area contributed by atoms with E-state index in [4.69, 9.17) is 9.47 Å². The molecule has 2 aromatic carbocycles. The van der Waals surface area contributed by atoms with Gasteiger partial charge in [-0.1, -0.05) is 26.0 Å². The molecule has 2 heterocycles. The Bertz CT molecular complexity index is 1430. The highest BCUT2D eigenvalue weighted by atomic mass is 32.2. The van der Waals surface area contributed by atoms with Gasteiger partial charge in [-0.3, -0.25) is 4.79 Å². The largest absolute Gasteiger partial charge is 0.506 e. The van der Waals surface area contributed by atoms with Crippen LogP contribution in [0, 0.1) is 5.92 Å². The van der Waals surface area contributed by atoms with Crippen LogP contribution in [0.15, 0.2) is 56.6 Å². The molecule has 0 bridgehead atoms. The van der Waals surface area contributed by atoms with Gasteiger partial charge >= 0.3 is 0 Å². The molecule has 0 radical (unpaired) electrons. The number of pyridine rings is 1. The minimum absolute atomic E-state index is 0.00740. The molecule has 2 N–H and O–H groups in total. The number of amidine groups is 1. The maximum Gasteiger partial charge on any atom is 0.286 e. The van der Waals surface area contributed by atoms with E-state index in [-0.39, 0.29) is 27.7 Å². The van der Waals surface area contributed by atoms with Crippen molar-refractivity contribution in [2.45, 2.75) is 31.7 Å². The summed E-state index contributed by atoms with van der Waals surface area (Å²) in [5.74, 6) is 0.232. The van der Waals surface area contributed by atoms with Crippen molar-refractivity contribution in [2.75, 3.05) is 25.6 Å². The third-order valence-electron chi connectivity index (χ3n) is 5.56. The molecule has 0 atom stereocenters. The van der Waals surface area contributed by atoms with Gasteiger partial charge in [-0.15, -0.1) is 4.40 Å². The molecule has 0 amide bonds. The van der Waals surface area contributed by atoms with Gasteiger partial charge in [0.15, 0.2) is 5.84 Å². The van der Waals surface area contributed by atoms with Crippen LogP contribution in [0.2, 0.25) is 0 Å². The Balaban J connectivity index is 1.92. The van der Waals surface area contributed by atoms with Crippen LogP contribution in [0.4, 0.5) is 5.69 Å². The van der Waals surface area contributed by atoms with E-state index < -0.39 is 15.6 Å². The molecule has 0 spiro atoms.